The van der Waals surface area contributed by atoms with Gasteiger partial charge in [0.1, 0.15) is 17.6 Å². The number of benzene rings is 2. The van der Waals surface area contributed by atoms with Crippen molar-refractivity contribution >= 4 is 5.91 Å². The minimum atomic E-state index is -0.357. The van der Waals surface area contributed by atoms with E-state index in [1.165, 1.54) is 13.2 Å². The van der Waals surface area contributed by atoms with Crippen molar-refractivity contribution in [3.63, 3.8) is 0 Å². The van der Waals surface area contributed by atoms with E-state index in [0.29, 0.717) is 23.0 Å². The van der Waals surface area contributed by atoms with Gasteiger partial charge in [0.2, 0.25) is 0 Å². The number of carbonyl (C=O) groups excluding carboxylic acids is 1. The Bertz CT molecular complexity index is 990. The molecule has 0 radical (unpaired) electrons. The summed E-state index contributed by atoms with van der Waals surface area (Å²) >= 11 is 0. The highest BCUT2D eigenvalue weighted by atomic mass is 16.5. The maximum atomic E-state index is 12.3. The predicted octanol–water partition coefficient (Wildman–Crippen LogP) is 2.56. The first-order valence-corrected chi connectivity index (χ1v) is 7.98. The van der Waals surface area contributed by atoms with E-state index in [2.05, 4.69) is 15.5 Å². The maximum absolute atomic E-state index is 12.3. The number of nitrogens with zero attached hydrogens (tertiary/aromatic N) is 3. The number of nitrogens with one attached hydrogen (secondary N) is 1. The molecule has 8 heteroatoms. The zero-order valence-corrected chi connectivity index (χ0v) is 14.7. The molecule has 1 aromatic heterocycles. The van der Waals surface area contributed by atoms with Gasteiger partial charge in [-0.3, -0.25) is 4.79 Å². The lowest BCUT2D eigenvalue weighted by Gasteiger charge is -2.06. The van der Waals surface area contributed by atoms with E-state index in [9.17, 15) is 4.79 Å². The molecule has 8 nitrogen and oxygen atoms in total. The van der Waals surface area contributed by atoms with Crippen LogP contribution < -0.4 is 14.8 Å². The van der Waals surface area contributed by atoms with Crippen LogP contribution in [0.25, 0.3) is 11.5 Å². The van der Waals surface area contributed by atoms with Crippen LogP contribution in [0, 0.1) is 11.3 Å². The van der Waals surface area contributed by atoms with Crippen LogP contribution in [0.15, 0.2) is 47.0 Å². The standard InChI is InChI=1S/C19H16N4O4/c1-25-15-6-3-12(4-7-15)19-22-17(23-27-19)11-21-18(24)13-5-8-16(26-2)14(9-13)10-20/h3-9H,11H2,1-2H3,(H,21,24). The second-order valence-corrected chi connectivity index (χ2v) is 5.45. The summed E-state index contributed by atoms with van der Waals surface area (Å²) in [5.74, 6) is 1.46. The monoisotopic (exact) mass is 364 g/mol. The molecule has 0 spiro atoms. The fraction of sp³-hybridized carbons (Fsp3) is 0.158. The van der Waals surface area contributed by atoms with Crippen molar-refractivity contribution in [3.05, 3.63) is 59.4 Å². The minimum absolute atomic E-state index is 0.0897. The van der Waals surface area contributed by atoms with Gasteiger partial charge in [-0.05, 0) is 42.5 Å². The molecule has 0 unspecified atom stereocenters. The Hall–Kier alpha value is -3.86. The van der Waals surface area contributed by atoms with Crippen LogP contribution in [-0.2, 0) is 6.54 Å². The summed E-state index contributed by atoms with van der Waals surface area (Å²) < 4.78 is 15.4. The van der Waals surface area contributed by atoms with Crippen LogP contribution in [0.3, 0.4) is 0 Å². The molecule has 1 amide bonds. The van der Waals surface area contributed by atoms with Crippen molar-refractivity contribution in [1.29, 1.82) is 5.26 Å². The van der Waals surface area contributed by atoms with Gasteiger partial charge in [0, 0.05) is 11.1 Å². The number of nitriles is 1. The molecule has 0 aliphatic heterocycles. The SMILES string of the molecule is COc1ccc(-c2nc(CNC(=O)c3ccc(OC)c(C#N)c3)no2)cc1. The summed E-state index contributed by atoms with van der Waals surface area (Å²) in [6.07, 6.45) is 0. The van der Waals surface area contributed by atoms with Crippen molar-refractivity contribution < 1.29 is 18.8 Å². The van der Waals surface area contributed by atoms with Gasteiger partial charge in [-0.25, -0.2) is 0 Å². The molecule has 1 N–H and O–H groups in total. The zero-order valence-electron chi connectivity index (χ0n) is 14.7. The highest BCUT2D eigenvalue weighted by Crippen LogP contribution is 2.21. The molecule has 1 heterocycles. The number of amides is 1. The van der Waals surface area contributed by atoms with Crippen molar-refractivity contribution in [3.8, 4) is 29.0 Å². The quantitative estimate of drug-likeness (QED) is 0.715. The number of rotatable bonds is 6. The average Bonchev–Trinajstić information content (AvgIpc) is 3.20. The molecule has 0 bridgehead atoms. The molecule has 0 atom stereocenters. The Morgan fingerprint density at radius 3 is 2.63 bits per heavy atom. The molecule has 27 heavy (non-hydrogen) atoms. The van der Waals surface area contributed by atoms with Crippen LogP contribution in [0.1, 0.15) is 21.7 Å². The number of hydrogen-bond donors (Lipinski definition) is 1. The van der Waals surface area contributed by atoms with Gasteiger partial charge in [0.25, 0.3) is 11.8 Å². The second-order valence-electron chi connectivity index (χ2n) is 5.45. The third-order valence-corrected chi connectivity index (χ3v) is 3.79. The van der Waals surface area contributed by atoms with Crippen molar-refractivity contribution in [2.45, 2.75) is 6.54 Å². The van der Waals surface area contributed by atoms with E-state index in [1.807, 2.05) is 6.07 Å². The lowest BCUT2D eigenvalue weighted by atomic mass is 10.1. The largest absolute Gasteiger partial charge is 0.497 e. The number of methoxy groups -OCH3 is 2. The van der Waals surface area contributed by atoms with Gasteiger partial charge in [-0.15, -0.1) is 0 Å². The van der Waals surface area contributed by atoms with E-state index in [0.717, 1.165) is 11.3 Å². The van der Waals surface area contributed by atoms with Gasteiger partial charge in [-0.2, -0.15) is 10.2 Å². The van der Waals surface area contributed by atoms with Gasteiger partial charge < -0.3 is 19.3 Å². The third kappa shape index (κ3) is 4.04. The molecular weight excluding hydrogens is 348 g/mol. The summed E-state index contributed by atoms with van der Waals surface area (Å²) in [4.78, 5) is 16.5. The van der Waals surface area contributed by atoms with Crippen LogP contribution >= 0.6 is 0 Å². The Morgan fingerprint density at radius 1 is 1.19 bits per heavy atom. The summed E-state index contributed by atoms with van der Waals surface area (Å²) in [6, 6.07) is 13.8. The first-order chi connectivity index (χ1) is 13.1. The molecular formula is C19H16N4O4. The van der Waals surface area contributed by atoms with Crippen LogP contribution in [0.4, 0.5) is 0 Å². The predicted molar refractivity (Wildman–Crippen MR) is 95.2 cm³/mol. The van der Waals surface area contributed by atoms with Crippen LogP contribution in [-0.4, -0.2) is 30.3 Å². The second kappa shape index (κ2) is 8.01. The molecule has 0 saturated carbocycles. The zero-order chi connectivity index (χ0) is 19.2. The highest BCUT2D eigenvalue weighted by Gasteiger charge is 2.13. The van der Waals surface area contributed by atoms with E-state index in [1.54, 1.807) is 43.5 Å². The number of hydrogen-bond acceptors (Lipinski definition) is 7. The normalized spacial score (nSPS) is 10.1. The van der Waals surface area contributed by atoms with E-state index >= 15 is 0 Å². The Kier molecular flexibility index (Phi) is 5.33. The van der Waals surface area contributed by atoms with E-state index in [4.69, 9.17) is 19.3 Å². The Labute approximate surface area is 155 Å². The topological polar surface area (TPSA) is 110 Å². The number of carbonyl (C=O) groups is 1. The summed E-state index contributed by atoms with van der Waals surface area (Å²) in [7, 11) is 3.05. The highest BCUT2D eigenvalue weighted by molar-refractivity contribution is 5.94. The van der Waals surface area contributed by atoms with Crippen molar-refractivity contribution in [2.24, 2.45) is 0 Å². The molecule has 0 saturated heterocycles. The molecule has 0 aliphatic carbocycles. The molecule has 136 valence electrons. The molecule has 2 aromatic carbocycles. The summed E-state index contributed by atoms with van der Waals surface area (Å²) in [5, 5.41) is 15.7. The first kappa shape index (κ1) is 17.9. The van der Waals surface area contributed by atoms with Crippen molar-refractivity contribution in [2.75, 3.05) is 14.2 Å². The van der Waals surface area contributed by atoms with Gasteiger partial charge in [0.05, 0.1) is 26.3 Å². The fourth-order valence-corrected chi connectivity index (χ4v) is 2.37. The lowest BCUT2D eigenvalue weighted by Crippen LogP contribution is -2.23. The maximum Gasteiger partial charge on any atom is 0.257 e. The van der Waals surface area contributed by atoms with Gasteiger partial charge in [0.15, 0.2) is 5.82 Å². The molecule has 0 fully saturated rings. The number of aromatic nitrogens is 2. The number of ether oxygens (including phenoxy) is 2. The molecule has 3 aromatic rings. The minimum Gasteiger partial charge on any atom is -0.497 e. The smallest absolute Gasteiger partial charge is 0.257 e. The third-order valence-electron chi connectivity index (χ3n) is 3.79. The Morgan fingerprint density at radius 2 is 1.96 bits per heavy atom. The lowest BCUT2D eigenvalue weighted by molar-refractivity contribution is 0.0949. The van der Waals surface area contributed by atoms with Gasteiger partial charge >= 0.3 is 0 Å². The van der Waals surface area contributed by atoms with Gasteiger partial charge in [-0.1, -0.05) is 5.16 Å². The van der Waals surface area contributed by atoms with Crippen LogP contribution in [0.5, 0.6) is 11.5 Å². The van der Waals surface area contributed by atoms with E-state index in [-0.39, 0.29) is 18.0 Å². The molecule has 0 aliphatic rings. The average molecular weight is 364 g/mol. The fourth-order valence-electron chi connectivity index (χ4n) is 2.37. The van der Waals surface area contributed by atoms with Crippen LogP contribution in [0.2, 0.25) is 0 Å². The summed E-state index contributed by atoms with van der Waals surface area (Å²) in [6.45, 7) is 0.0897. The Balaban J connectivity index is 1.66. The van der Waals surface area contributed by atoms with Crippen molar-refractivity contribution in [1.82, 2.24) is 15.5 Å². The molecule has 3 rings (SSSR count). The van der Waals surface area contributed by atoms with E-state index < -0.39 is 0 Å². The summed E-state index contributed by atoms with van der Waals surface area (Å²) in [5.41, 5.74) is 1.37. The first-order valence-electron chi connectivity index (χ1n) is 7.98.